The molecule has 1 aliphatic rings. The minimum Gasteiger partial charge on any atom is -0.508 e. The number of aliphatic hydroxyl groups excluding tert-OH is 4. The van der Waals surface area contributed by atoms with Gasteiger partial charge in [0.05, 0.1) is 13.7 Å². The van der Waals surface area contributed by atoms with Crippen molar-refractivity contribution in [2.24, 2.45) is 0 Å². The van der Waals surface area contributed by atoms with E-state index in [-0.39, 0.29) is 34.0 Å². The van der Waals surface area contributed by atoms with Crippen molar-refractivity contribution in [3.8, 4) is 34.3 Å². The van der Waals surface area contributed by atoms with Crippen LogP contribution in [0.25, 0.3) is 22.3 Å². The van der Waals surface area contributed by atoms with E-state index in [9.17, 15) is 35.4 Å². The second kappa shape index (κ2) is 8.89. The van der Waals surface area contributed by atoms with Crippen LogP contribution in [0, 0.1) is 0 Å². The molecular weight excluding hydrogens is 440 g/mol. The van der Waals surface area contributed by atoms with Crippen molar-refractivity contribution >= 4 is 11.0 Å². The van der Waals surface area contributed by atoms with Crippen LogP contribution in [-0.4, -0.2) is 75.1 Å². The molecule has 1 fully saturated rings. The standard InChI is InChI=1S/C22H22O11/c1-30-11-6-12-15(17(26)19(28)21(31-12)9-2-4-10(24)5-3-9)13(7-11)32-22-20(29)18(27)16(25)14(8-23)33-22/h2-7,14,16,18,20,22-25,27-29H,8H2,1H3/t14-,16+,18+,20-,22+/m1/s1. The molecule has 6 N–H and O–H groups in total. The summed E-state index contributed by atoms with van der Waals surface area (Å²) in [5.41, 5.74) is -0.565. The van der Waals surface area contributed by atoms with E-state index in [2.05, 4.69) is 0 Å². The number of rotatable bonds is 5. The van der Waals surface area contributed by atoms with E-state index < -0.39 is 48.5 Å². The first-order valence-corrected chi connectivity index (χ1v) is 9.89. The number of benzene rings is 2. The summed E-state index contributed by atoms with van der Waals surface area (Å²) in [6.07, 6.45) is -7.80. The van der Waals surface area contributed by atoms with Crippen LogP contribution < -0.4 is 14.9 Å². The first kappa shape index (κ1) is 22.8. The molecule has 0 bridgehead atoms. The summed E-state index contributed by atoms with van der Waals surface area (Å²) in [6, 6.07) is 8.30. The molecule has 4 rings (SSSR count). The fourth-order valence-electron chi connectivity index (χ4n) is 3.56. The molecule has 0 aliphatic carbocycles. The second-order valence-corrected chi connectivity index (χ2v) is 7.47. The lowest BCUT2D eigenvalue weighted by atomic mass is 9.99. The molecule has 0 amide bonds. The minimum absolute atomic E-state index is 0.0155. The summed E-state index contributed by atoms with van der Waals surface area (Å²) >= 11 is 0. The molecule has 1 aliphatic heterocycles. The Morgan fingerprint density at radius 2 is 1.70 bits per heavy atom. The highest BCUT2D eigenvalue weighted by Crippen LogP contribution is 2.37. The van der Waals surface area contributed by atoms with E-state index in [0.717, 1.165) is 0 Å². The Labute approximate surface area is 186 Å². The van der Waals surface area contributed by atoms with Crippen LogP contribution in [-0.2, 0) is 4.74 Å². The van der Waals surface area contributed by atoms with Crippen LogP contribution in [0.4, 0.5) is 0 Å². The number of aromatic hydroxyl groups is 2. The van der Waals surface area contributed by atoms with Crippen LogP contribution >= 0.6 is 0 Å². The molecule has 33 heavy (non-hydrogen) atoms. The monoisotopic (exact) mass is 462 g/mol. The Hall–Kier alpha value is -3.35. The Balaban J connectivity index is 1.83. The van der Waals surface area contributed by atoms with Gasteiger partial charge in [0, 0.05) is 17.7 Å². The molecule has 1 saturated heterocycles. The maximum atomic E-state index is 13.1. The Morgan fingerprint density at radius 3 is 2.33 bits per heavy atom. The molecule has 2 heterocycles. The molecule has 2 aromatic carbocycles. The average Bonchev–Trinajstić information content (AvgIpc) is 2.81. The molecule has 0 radical (unpaired) electrons. The Kier molecular flexibility index (Phi) is 6.15. The van der Waals surface area contributed by atoms with Crippen molar-refractivity contribution in [3.05, 3.63) is 46.6 Å². The minimum atomic E-state index is -1.72. The number of aliphatic hydroxyl groups is 4. The quantitative estimate of drug-likeness (QED) is 0.302. The van der Waals surface area contributed by atoms with E-state index in [4.69, 9.17) is 18.6 Å². The molecule has 0 unspecified atom stereocenters. The van der Waals surface area contributed by atoms with Gasteiger partial charge in [-0.15, -0.1) is 0 Å². The van der Waals surface area contributed by atoms with Gasteiger partial charge < -0.3 is 49.3 Å². The van der Waals surface area contributed by atoms with Gasteiger partial charge in [-0.05, 0) is 24.3 Å². The molecular formula is C22H22O11. The number of fused-ring (bicyclic) bond motifs is 1. The molecule has 176 valence electrons. The third-order valence-electron chi connectivity index (χ3n) is 5.37. The summed E-state index contributed by atoms with van der Waals surface area (Å²) in [5, 5.41) is 59.4. The van der Waals surface area contributed by atoms with Crippen molar-refractivity contribution in [2.75, 3.05) is 13.7 Å². The van der Waals surface area contributed by atoms with Gasteiger partial charge in [0.25, 0.3) is 0 Å². The predicted octanol–water partition coefficient (Wildman–Crippen LogP) is 0.0585. The maximum Gasteiger partial charge on any atom is 0.238 e. The van der Waals surface area contributed by atoms with Gasteiger partial charge in [-0.2, -0.15) is 0 Å². The summed E-state index contributed by atoms with van der Waals surface area (Å²) in [5.74, 6) is -0.891. The second-order valence-electron chi connectivity index (χ2n) is 7.47. The molecule has 0 saturated carbocycles. The number of hydrogen-bond acceptors (Lipinski definition) is 11. The fourth-order valence-corrected chi connectivity index (χ4v) is 3.56. The van der Waals surface area contributed by atoms with E-state index >= 15 is 0 Å². The van der Waals surface area contributed by atoms with Crippen molar-refractivity contribution in [1.82, 2.24) is 0 Å². The smallest absolute Gasteiger partial charge is 0.238 e. The van der Waals surface area contributed by atoms with Crippen LogP contribution in [0.15, 0.2) is 45.6 Å². The van der Waals surface area contributed by atoms with Crippen LogP contribution in [0.5, 0.6) is 23.0 Å². The summed E-state index contributed by atoms with van der Waals surface area (Å²) in [7, 11) is 1.36. The molecule has 3 aromatic rings. The Bertz CT molecular complexity index is 1200. The number of ether oxygens (including phenoxy) is 3. The molecule has 0 spiro atoms. The van der Waals surface area contributed by atoms with Gasteiger partial charge >= 0.3 is 0 Å². The van der Waals surface area contributed by atoms with Crippen molar-refractivity contribution < 1.29 is 49.3 Å². The average molecular weight is 462 g/mol. The zero-order valence-corrected chi connectivity index (χ0v) is 17.3. The molecule has 5 atom stereocenters. The number of methoxy groups -OCH3 is 1. The van der Waals surface area contributed by atoms with E-state index in [1.54, 1.807) is 0 Å². The van der Waals surface area contributed by atoms with Gasteiger partial charge in [0.1, 0.15) is 52.6 Å². The third kappa shape index (κ3) is 4.08. The lowest BCUT2D eigenvalue weighted by Gasteiger charge is -2.39. The van der Waals surface area contributed by atoms with Gasteiger partial charge in [-0.3, -0.25) is 4.79 Å². The lowest BCUT2D eigenvalue weighted by Crippen LogP contribution is -2.60. The first-order chi connectivity index (χ1) is 15.7. The highest BCUT2D eigenvalue weighted by Gasteiger charge is 2.45. The molecule has 11 heteroatoms. The zero-order valence-electron chi connectivity index (χ0n) is 17.3. The number of phenolic OH excluding ortho intramolecular Hbond substituents is 1. The molecule has 11 nitrogen and oxygen atoms in total. The summed E-state index contributed by atoms with van der Waals surface area (Å²) < 4.78 is 21.9. The van der Waals surface area contributed by atoms with E-state index in [1.807, 2.05) is 0 Å². The fraction of sp³-hybridized carbons (Fsp3) is 0.318. The zero-order chi connectivity index (χ0) is 23.9. The first-order valence-electron chi connectivity index (χ1n) is 9.89. The van der Waals surface area contributed by atoms with E-state index in [1.165, 1.54) is 43.5 Å². The number of hydrogen-bond donors (Lipinski definition) is 6. The van der Waals surface area contributed by atoms with Gasteiger partial charge in [0.15, 0.2) is 5.76 Å². The highest BCUT2D eigenvalue weighted by atomic mass is 16.7. The Morgan fingerprint density at radius 1 is 1.00 bits per heavy atom. The van der Waals surface area contributed by atoms with Crippen LogP contribution in [0.1, 0.15) is 0 Å². The predicted molar refractivity (Wildman–Crippen MR) is 112 cm³/mol. The maximum absolute atomic E-state index is 13.1. The normalized spacial score (nSPS) is 25.2. The van der Waals surface area contributed by atoms with Gasteiger partial charge in [-0.25, -0.2) is 0 Å². The summed E-state index contributed by atoms with van der Waals surface area (Å²) in [4.78, 5) is 13.1. The SMILES string of the molecule is COc1cc(O[C@H]2O[C@H](CO)[C@H](O)[C@H](O)[C@H]2O)c2c(=O)c(O)c(-c3ccc(O)cc3)oc2c1. The number of phenols is 1. The molecule has 1 aromatic heterocycles. The third-order valence-corrected chi connectivity index (χ3v) is 5.37. The largest absolute Gasteiger partial charge is 0.508 e. The van der Waals surface area contributed by atoms with E-state index in [0.29, 0.717) is 5.56 Å². The topological polar surface area (TPSA) is 179 Å². The van der Waals surface area contributed by atoms with Gasteiger partial charge in [0.2, 0.25) is 17.5 Å². The van der Waals surface area contributed by atoms with Crippen molar-refractivity contribution in [3.63, 3.8) is 0 Å². The lowest BCUT2D eigenvalue weighted by molar-refractivity contribution is -0.277. The van der Waals surface area contributed by atoms with Crippen LogP contribution in [0.2, 0.25) is 0 Å². The van der Waals surface area contributed by atoms with Gasteiger partial charge in [-0.1, -0.05) is 0 Å². The van der Waals surface area contributed by atoms with Crippen molar-refractivity contribution in [1.29, 1.82) is 0 Å². The van der Waals surface area contributed by atoms with Crippen LogP contribution in [0.3, 0.4) is 0 Å². The van der Waals surface area contributed by atoms with Crippen molar-refractivity contribution in [2.45, 2.75) is 30.7 Å². The summed E-state index contributed by atoms with van der Waals surface area (Å²) in [6.45, 7) is -0.664. The highest BCUT2D eigenvalue weighted by molar-refractivity contribution is 5.88.